The fourth-order valence-electron chi connectivity index (χ4n) is 4.33. The van der Waals surface area contributed by atoms with Crippen molar-refractivity contribution in [2.45, 2.75) is 23.9 Å². The monoisotopic (exact) mass is 413 g/mol. The van der Waals surface area contributed by atoms with Crippen LogP contribution in [-0.4, -0.2) is 27.5 Å². The predicted octanol–water partition coefficient (Wildman–Crippen LogP) is 4.46. The van der Waals surface area contributed by atoms with Crippen LogP contribution in [0.25, 0.3) is 11.1 Å². The van der Waals surface area contributed by atoms with Crippen molar-refractivity contribution in [3.05, 3.63) is 95.6 Å². The summed E-state index contributed by atoms with van der Waals surface area (Å²) in [6.07, 6.45) is 10.5. The van der Waals surface area contributed by atoms with E-state index in [9.17, 15) is 0 Å². The molecule has 0 amide bonds. The lowest BCUT2D eigenvalue weighted by molar-refractivity contribution is 0.613. The van der Waals surface area contributed by atoms with Crippen LogP contribution >= 0.6 is 11.6 Å². The Morgan fingerprint density at radius 1 is 1.00 bits per heavy atom. The van der Waals surface area contributed by atoms with E-state index in [1.165, 1.54) is 6.33 Å². The first-order valence-corrected chi connectivity index (χ1v) is 10.3. The van der Waals surface area contributed by atoms with E-state index in [4.69, 9.17) is 22.3 Å². The second-order valence-electron chi connectivity index (χ2n) is 7.40. The van der Waals surface area contributed by atoms with E-state index in [1.807, 2.05) is 42.9 Å². The molecule has 148 valence electrons. The molecule has 0 radical (unpaired) electrons. The molecule has 0 spiro atoms. The molecule has 3 aromatic rings. The largest absolute Gasteiger partial charge is 0.383 e. The number of rotatable bonds is 3. The minimum atomic E-state index is -0.729. The van der Waals surface area contributed by atoms with Gasteiger partial charge in [0.1, 0.15) is 23.2 Å². The highest BCUT2D eigenvalue weighted by atomic mass is 35.5. The lowest BCUT2D eigenvalue weighted by Crippen LogP contribution is -2.28. The highest BCUT2D eigenvalue weighted by Gasteiger charge is 2.44. The van der Waals surface area contributed by atoms with Crippen LogP contribution in [0.3, 0.4) is 0 Å². The number of nitrogens with zero attached hydrogens (tertiary/aromatic N) is 4. The molecule has 30 heavy (non-hydrogen) atoms. The van der Waals surface area contributed by atoms with E-state index in [0.717, 1.165) is 33.4 Å². The predicted molar refractivity (Wildman–Crippen MR) is 121 cm³/mol. The van der Waals surface area contributed by atoms with Crippen LogP contribution in [-0.2, 0) is 5.54 Å². The Kier molecular flexibility index (Phi) is 4.68. The summed E-state index contributed by atoms with van der Waals surface area (Å²) in [5.74, 6) is 0.538. The molecule has 2 aliphatic rings. The van der Waals surface area contributed by atoms with Crippen molar-refractivity contribution in [2.24, 2.45) is 15.7 Å². The second kappa shape index (κ2) is 7.50. The lowest BCUT2D eigenvalue weighted by Gasteiger charge is -2.32. The molecule has 5 rings (SSSR count). The number of alkyl halides is 1. The third-order valence-electron chi connectivity index (χ3n) is 5.65. The van der Waals surface area contributed by atoms with Crippen LogP contribution in [0.15, 0.2) is 88.9 Å². The zero-order valence-corrected chi connectivity index (χ0v) is 17.0. The SMILES string of the molecule is NC1=NC(C2=CCC=NC(Cl)C2)(c2cccc(-c3cncnc3)c2)c2ccccc21. The third kappa shape index (κ3) is 3.02. The van der Waals surface area contributed by atoms with E-state index in [2.05, 4.69) is 45.3 Å². The van der Waals surface area contributed by atoms with Gasteiger partial charge in [0, 0.05) is 42.6 Å². The summed E-state index contributed by atoms with van der Waals surface area (Å²) in [6.45, 7) is 0. The van der Waals surface area contributed by atoms with E-state index >= 15 is 0 Å². The summed E-state index contributed by atoms with van der Waals surface area (Å²) in [5, 5.41) is 0. The Hall–Kier alpha value is -3.31. The molecule has 0 aliphatic carbocycles. The average molecular weight is 414 g/mol. The summed E-state index contributed by atoms with van der Waals surface area (Å²) in [6, 6.07) is 16.5. The standard InChI is InChI=1S/C24H20ClN5/c25-22-12-19(7-4-10-29-22)24(21-9-2-1-8-20(21)23(26)30-24)18-6-3-5-16(11-18)17-13-27-15-28-14-17/h1-3,5-11,13-15,22H,4,12H2,(H2,26,30). The van der Waals surface area contributed by atoms with Gasteiger partial charge < -0.3 is 5.73 Å². The molecule has 2 N–H and O–H groups in total. The molecule has 2 aliphatic heterocycles. The van der Waals surface area contributed by atoms with Gasteiger partial charge in [-0.2, -0.15) is 0 Å². The molecule has 0 bridgehead atoms. The number of hydrogen-bond acceptors (Lipinski definition) is 5. The molecule has 2 unspecified atom stereocenters. The quantitative estimate of drug-likeness (QED) is 0.391. The van der Waals surface area contributed by atoms with Gasteiger partial charge in [-0.1, -0.05) is 60.1 Å². The number of hydrogen-bond donors (Lipinski definition) is 1. The first-order chi connectivity index (χ1) is 14.7. The number of nitrogens with two attached hydrogens (primary N) is 1. The summed E-state index contributed by atoms with van der Waals surface area (Å²) in [5.41, 5.74) is 11.5. The molecule has 5 nitrogen and oxygen atoms in total. The van der Waals surface area contributed by atoms with Crippen LogP contribution < -0.4 is 5.73 Å². The zero-order chi connectivity index (χ0) is 20.6. The number of fused-ring (bicyclic) bond motifs is 1. The minimum absolute atomic E-state index is 0.328. The number of benzene rings is 2. The van der Waals surface area contributed by atoms with Gasteiger partial charge in [0.15, 0.2) is 0 Å². The number of amidine groups is 1. The molecule has 2 atom stereocenters. The summed E-state index contributed by atoms with van der Waals surface area (Å²) < 4.78 is 0. The number of halogens is 1. The van der Waals surface area contributed by atoms with Gasteiger partial charge in [-0.15, -0.1) is 0 Å². The van der Waals surface area contributed by atoms with Gasteiger partial charge >= 0.3 is 0 Å². The first kappa shape index (κ1) is 18.7. The van der Waals surface area contributed by atoms with Crippen LogP contribution in [0.5, 0.6) is 0 Å². The second-order valence-corrected chi connectivity index (χ2v) is 7.90. The highest BCUT2D eigenvalue weighted by molar-refractivity contribution is 6.21. The van der Waals surface area contributed by atoms with Crippen LogP contribution in [0.1, 0.15) is 29.5 Å². The average Bonchev–Trinajstić information content (AvgIpc) is 2.93. The molecule has 2 aromatic carbocycles. The van der Waals surface area contributed by atoms with Gasteiger partial charge in [-0.05, 0) is 28.3 Å². The summed E-state index contributed by atoms with van der Waals surface area (Å²) in [7, 11) is 0. The molecule has 6 heteroatoms. The summed E-state index contributed by atoms with van der Waals surface area (Å²) >= 11 is 6.50. The fraction of sp³-hybridized carbons (Fsp3) is 0.167. The number of aliphatic imine (C=N–C) groups is 2. The van der Waals surface area contributed by atoms with E-state index in [1.54, 1.807) is 0 Å². The molecule has 0 fully saturated rings. The van der Waals surface area contributed by atoms with Crippen LogP contribution in [0.4, 0.5) is 0 Å². The lowest BCUT2D eigenvalue weighted by atomic mass is 9.75. The van der Waals surface area contributed by atoms with Crippen LogP contribution in [0.2, 0.25) is 0 Å². The van der Waals surface area contributed by atoms with E-state index in [0.29, 0.717) is 18.7 Å². The molecule has 1 aromatic heterocycles. The molecule has 3 heterocycles. The van der Waals surface area contributed by atoms with Crippen molar-refractivity contribution in [2.75, 3.05) is 0 Å². The Labute approximate surface area is 180 Å². The number of allylic oxidation sites excluding steroid dienone is 1. The van der Waals surface area contributed by atoms with Gasteiger partial charge in [-0.3, -0.25) is 4.99 Å². The summed E-state index contributed by atoms with van der Waals surface area (Å²) in [4.78, 5) is 17.8. The van der Waals surface area contributed by atoms with Crippen molar-refractivity contribution in [1.29, 1.82) is 0 Å². The van der Waals surface area contributed by atoms with Crippen molar-refractivity contribution < 1.29 is 0 Å². The smallest absolute Gasteiger partial charge is 0.135 e. The molecule has 0 saturated carbocycles. The maximum atomic E-state index is 6.50. The molecular formula is C24H20ClN5. The van der Waals surface area contributed by atoms with E-state index < -0.39 is 5.54 Å². The maximum Gasteiger partial charge on any atom is 0.135 e. The zero-order valence-electron chi connectivity index (χ0n) is 16.2. The van der Waals surface area contributed by atoms with Crippen molar-refractivity contribution in [3.63, 3.8) is 0 Å². The minimum Gasteiger partial charge on any atom is -0.383 e. The van der Waals surface area contributed by atoms with E-state index in [-0.39, 0.29) is 5.50 Å². The van der Waals surface area contributed by atoms with Crippen molar-refractivity contribution >= 4 is 23.7 Å². The fourth-order valence-corrected chi connectivity index (χ4v) is 4.57. The highest BCUT2D eigenvalue weighted by Crippen LogP contribution is 2.48. The third-order valence-corrected chi connectivity index (χ3v) is 5.91. The maximum absolute atomic E-state index is 6.50. The van der Waals surface area contributed by atoms with Gasteiger partial charge in [0.05, 0.1) is 0 Å². The topological polar surface area (TPSA) is 76.5 Å². The molecule has 0 saturated heterocycles. The number of aromatic nitrogens is 2. The molecular weight excluding hydrogens is 394 g/mol. The normalized spacial score (nSPS) is 22.8. The Morgan fingerprint density at radius 3 is 2.70 bits per heavy atom. The van der Waals surface area contributed by atoms with Crippen LogP contribution in [0, 0.1) is 0 Å². The first-order valence-electron chi connectivity index (χ1n) is 9.85. The van der Waals surface area contributed by atoms with Crippen molar-refractivity contribution in [1.82, 2.24) is 9.97 Å². The van der Waals surface area contributed by atoms with Gasteiger partial charge in [0.2, 0.25) is 0 Å². The Morgan fingerprint density at radius 2 is 1.83 bits per heavy atom. The van der Waals surface area contributed by atoms with Crippen molar-refractivity contribution in [3.8, 4) is 11.1 Å². The Bertz CT molecular complexity index is 1180. The Balaban J connectivity index is 1.75. The van der Waals surface area contributed by atoms with Gasteiger partial charge in [0.25, 0.3) is 0 Å². The van der Waals surface area contributed by atoms with Gasteiger partial charge in [-0.25, -0.2) is 15.0 Å².